The maximum atomic E-state index is 7.06. The van der Waals surface area contributed by atoms with Crippen LogP contribution in [-0.4, -0.2) is 6.54 Å². The zero-order valence-corrected chi connectivity index (χ0v) is 11.6. The standard InChI is InChI=1S/C16H28N2/c17-13-9-6-4-2-1-3-5-7-10-14-18-15-11-8-12-16-18/h8,11-12,15-17H,1-7,9-10,13-14H2/q+1. The molecule has 0 aliphatic heterocycles. The Bertz CT molecular complexity index is 272. The lowest BCUT2D eigenvalue weighted by atomic mass is 10.1. The summed E-state index contributed by atoms with van der Waals surface area (Å²) >= 11 is 0. The molecule has 2 nitrogen and oxygen atoms in total. The van der Waals surface area contributed by atoms with Crippen LogP contribution >= 0.6 is 0 Å². The molecule has 0 spiro atoms. The maximum Gasteiger partial charge on any atom is 0.168 e. The molecule has 1 aromatic rings. The van der Waals surface area contributed by atoms with Gasteiger partial charge in [-0.05, 0) is 12.8 Å². The molecule has 101 valence electrons. The third-order valence-electron chi connectivity index (χ3n) is 3.37. The van der Waals surface area contributed by atoms with E-state index in [2.05, 4.69) is 35.2 Å². The first-order valence-electron chi connectivity index (χ1n) is 7.52. The molecule has 1 aromatic heterocycles. The summed E-state index contributed by atoms with van der Waals surface area (Å²) in [6.45, 7) is 1.77. The molecule has 0 fully saturated rings. The molecule has 0 aliphatic rings. The van der Waals surface area contributed by atoms with Crippen molar-refractivity contribution in [1.29, 1.82) is 0 Å². The summed E-state index contributed by atoms with van der Waals surface area (Å²) in [5, 5.41) is 0. The Balaban J connectivity index is 1.82. The van der Waals surface area contributed by atoms with E-state index < -0.39 is 0 Å². The molecule has 0 aromatic carbocycles. The van der Waals surface area contributed by atoms with Gasteiger partial charge in [0.15, 0.2) is 12.4 Å². The first kappa shape index (κ1) is 15.2. The van der Waals surface area contributed by atoms with Gasteiger partial charge in [-0.2, -0.15) is 0 Å². The fourth-order valence-electron chi connectivity index (χ4n) is 2.24. The second kappa shape index (κ2) is 11.2. The molecule has 0 amide bonds. The first-order valence-corrected chi connectivity index (χ1v) is 7.52. The fourth-order valence-corrected chi connectivity index (χ4v) is 2.24. The van der Waals surface area contributed by atoms with Crippen molar-refractivity contribution >= 4 is 0 Å². The van der Waals surface area contributed by atoms with Crippen LogP contribution in [0.1, 0.15) is 57.8 Å². The molecule has 0 aliphatic carbocycles. The highest BCUT2D eigenvalue weighted by molar-refractivity contribution is 4.83. The largest absolute Gasteiger partial charge is 0.258 e. The highest BCUT2D eigenvalue weighted by Gasteiger charge is 1.97. The highest BCUT2D eigenvalue weighted by Crippen LogP contribution is 2.09. The van der Waals surface area contributed by atoms with E-state index in [1.165, 1.54) is 51.4 Å². The number of nitrogens with zero attached hydrogens (tertiary/aromatic N) is 1. The Morgan fingerprint density at radius 3 is 1.67 bits per heavy atom. The van der Waals surface area contributed by atoms with Crippen molar-refractivity contribution in [2.75, 3.05) is 6.54 Å². The molecule has 0 unspecified atom stereocenters. The van der Waals surface area contributed by atoms with E-state index in [4.69, 9.17) is 5.73 Å². The van der Waals surface area contributed by atoms with Gasteiger partial charge in [0.2, 0.25) is 0 Å². The van der Waals surface area contributed by atoms with Gasteiger partial charge in [0.1, 0.15) is 6.54 Å². The van der Waals surface area contributed by atoms with Gasteiger partial charge >= 0.3 is 0 Å². The maximum absolute atomic E-state index is 7.06. The summed E-state index contributed by atoms with van der Waals surface area (Å²) in [6.07, 6.45) is 16.2. The van der Waals surface area contributed by atoms with Crippen LogP contribution in [0.4, 0.5) is 0 Å². The van der Waals surface area contributed by atoms with Crippen molar-refractivity contribution in [3.05, 3.63) is 30.6 Å². The van der Waals surface area contributed by atoms with E-state index in [1.807, 2.05) is 0 Å². The van der Waals surface area contributed by atoms with Crippen LogP contribution in [0.2, 0.25) is 0 Å². The minimum Gasteiger partial charge on any atom is -0.258 e. The van der Waals surface area contributed by atoms with Crippen LogP contribution < -0.4 is 10.3 Å². The number of rotatable bonds is 11. The molecule has 0 bridgehead atoms. The number of aromatic nitrogens is 1. The second-order valence-electron chi connectivity index (χ2n) is 5.05. The number of unbranched alkanes of at least 4 members (excludes halogenated alkanes) is 8. The van der Waals surface area contributed by atoms with Gasteiger partial charge < -0.3 is 0 Å². The predicted octanol–water partition coefficient (Wildman–Crippen LogP) is 3.77. The normalized spacial score (nSPS) is 10.7. The van der Waals surface area contributed by atoms with Crippen LogP contribution in [0.25, 0.3) is 0 Å². The minimum atomic E-state index is 0.608. The quantitative estimate of drug-likeness (QED) is 0.421. The van der Waals surface area contributed by atoms with Gasteiger partial charge in [-0.1, -0.05) is 44.6 Å². The summed E-state index contributed by atoms with van der Waals surface area (Å²) in [6, 6.07) is 6.25. The zero-order valence-electron chi connectivity index (χ0n) is 11.6. The molecule has 0 saturated carbocycles. The van der Waals surface area contributed by atoms with E-state index >= 15 is 0 Å². The minimum absolute atomic E-state index is 0.608. The third kappa shape index (κ3) is 8.24. The first-order chi connectivity index (χ1) is 8.93. The molecular formula is C16H28N2+. The van der Waals surface area contributed by atoms with Crippen LogP contribution in [0.3, 0.4) is 0 Å². The van der Waals surface area contributed by atoms with Gasteiger partial charge in [0, 0.05) is 25.1 Å². The summed E-state index contributed by atoms with van der Waals surface area (Å²) in [5.41, 5.74) is 7.06. The van der Waals surface area contributed by atoms with Gasteiger partial charge in [0.05, 0.1) is 0 Å². The van der Waals surface area contributed by atoms with Crippen molar-refractivity contribution in [1.82, 2.24) is 5.73 Å². The van der Waals surface area contributed by atoms with Crippen LogP contribution in [0.5, 0.6) is 0 Å². The fraction of sp³-hybridized carbons (Fsp3) is 0.688. The van der Waals surface area contributed by atoms with Crippen LogP contribution in [0.15, 0.2) is 30.6 Å². The smallest absolute Gasteiger partial charge is 0.168 e. The predicted molar refractivity (Wildman–Crippen MR) is 76.2 cm³/mol. The molecule has 1 N–H and O–H groups in total. The van der Waals surface area contributed by atoms with Crippen molar-refractivity contribution in [2.24, 2.45) is 0 Å². The SMILES string of the molecule is [NH]CCCCCCCCCCC[n+]1ccccc1. The van der Waals surface area contributed by atoms with Crippen molar-refractivity contribution in [3.63, 3.8) is 0 Å². The summed E-state index contributed by atoms with van der Waals surface area (Å²) < 4.78 is 2.26. The number of pyridine rings is 1. The Morgan fingerprint density at radius 1 is 0.611 bits per heavy atom. The molecule has 2 heteroatoms. The molecule has 1 heterocycles. The lowest BCUT2D eigenvalue weighted by Gasteiger charge is -2.01. The number of nitrogens with one attached hydrogen (secondary N) is 1. The lowest BCUT2D eigenvalue weighted by molar-refractivity contribution is -0.697. The molecule has 1 rings (SSSR count). The van der Waals surface area contributed by atoms with Crippen LogP contribution in [0, 0.1) is 0 Å². The van der Waals surface area contributed by atoms with Gasteiger partial charge in [-0.15, -0.1) is 0 Å². The Morgan fingerprint density at radius 2 is 1.11 bits per heavy atom. The number of hydrogen-bond donors (Lipinski definition) is 0. The van der Waals surface area contributed by atoms with E-state index in [9.17, 15) is 0 Å². The van der Waals surface area contributed by atoms with Crippen molar-refractivity contribution in [2.45, 2.75) is 64.3 Å². The molecule has 1 radical (unpaired) electrons. The van der Waals surface area contributed by atoms with E-state index in [1.54, 1.807) is 0 Å². The monoisotopic (exact) mass is 248 g/mol. The number of aryl methyl sites for hydroxylation is 1. The zero-order chi connectivity index (χ0) is 12.9. The molecule has 0 saturated heterocycles. The number of hydrogen-bond acceptors (Lipinski definition) is 0. The third-order valence-corrected chi connectivity index (χ3v) is 3.37. The Labute approximate surface area is 112 Å². The summed E-state index contributed by atoms with van der Waals surface area (Å²) in [4.78, 5) is 0. The van der Waals surface area contributed by atoms with Gasteiger partial charge in [-0.25, -0.2) is 4.57 Å². The van der Waals surface area contributed by atoms with E-state index in [0.717, 1.165) is 13.0 Å². The average molecular weight is 248 g/mol. The average Bonchev–Trinajstić information content (AvgIpc) is 2.42. The van der Waals surface area contributed by atoms with Gasteiger partial charge in [0.25, 0.3) is 0 Å². The van der Waals surface area contributed by atoms with E-state index in [0.29, 0.717) is 6.54 Å². The summed E-state index contributed by atoms with van der Waals surface area (Å²) in [5.74, 6) is 0. The lowest BCUT2D eigenvalue weighted by Crippen LogP contribution is -2.32. The molecular weight excluding hydrogens is 220 g/mol. The van der Waals surface area contributed by atoms with Crippen molar-refractivity contribution in [3.8, 4) is 0 Å². The Kier molecular flexibility index (Phi) is 9.45. The summed E-state index contributed by atoms with van der Waals surface area (Å²) in [7, 11) is 0. The van der Waals surface area contributed by atoms with E-state index in [-0.39, 0.29) is 0 Å². The van der Waals surface area contributed by atoms with Crippen molar-refractivity contribution < 1.29 is 4.57 Å². The Hall–Kier alpha value is -0.890. The molecule has 0 atom stereocenters. The second-order valence-corrected chi connectivity index (χ2v) is 5.05. The van der Waals surface area contributed by atoms with Crippen LogP contribution in [-0.2, 0) is 6.54 Å². The highest BCUT2D eigenvalue weighted by atomic mass is 14.9. The van der Waals surface area contributed by atoms with Gasteiger partial charge in [-0.3, -0.25) is 5.73 Å². The topological polar surface area (TPSA) is 27.7 Å². The molecule has 18 heavy (non-hydrogen) atoms.